The summed E-state index contributed by atoms with van der Waals surface area (Å²) in [4.78, 5) is 10.5. The summed E-state index contributed by atoms with van der Waals surface area (Å²) in [5.74, 6) is -0.564. The number of anilines is 1. The van der Waals surface area contributed by atoms with E-state index in [1.165, 1.54) is 18.2 Å². The number of nitrogens with one attached hydrogen (secondary N) is 1. The summed E-state index contributed by atoms with van der Waals surface area (Å²) in [7, 11) is 0. The molecular weight excluding hydrogens is 271 g/mol. The second-order valence-corrected chi connectivity index (χ2v) is 7.65. The van der Waals surface area contributed by atoms with Crippen LogP contribution in [0.3, 0.4) is 0 Å². The number of para-hydroxylation sites is 1. The average molecular weight is 294 g/mol. The highest BCUT2D eigenvalue weighted by Crippen LogP contribution is 2.46. The molecule has 1 aromatic rings. The van der Waals surface area contributed by atoms with Crippen LogP contribution in [0.1, 0.15) is 47.0 Å². The largest absolute Gasteiger partial charge is 0.374 e. The third-order valence-electron chi connectivity index (χ3n) is 4.09. The molecule has 1 aromatic carbocycles. The van der Waals surface area contributed by atoms with Gasteiger partial charge in [0.2, 0.25) is 0 Å². The van der Waals surface area contributed by atoms with Crippen molar-refractivity contribution in [1.29, 1.82) is 0 Å². The van der Waals surface area contributed by atoms with Gasteiger partial charge < -0.3 is 5.32 Å². The molecular formula is C16H23FN2O2. The first-order chi connectivity index (χ1) is 9.60. The van der Waals surface area contributed by atoms with Gasteiger partial charge in [-0.15, -0.1) is 0 Å². The van der Waals surface area contributed by atoms with Crippen LogP contribution in [-0.2, 0) is 0 Å². The Morgan fingerprint density at radius 1 is 1.24 bits per heavy atom. The molecule has 0 heterocycles. The molecule has 5 heteroatoms. The number of benzene rings is 1. The number of hydrogen-bond donors (Lipinski definition) is 1. The smallest absolute Gasteiger partial charge is 0.295 e. The number of hydrogen-bond acceptors (Lipinski definition) is 3. The molecule has 21 heavy (non-hydrogen) atoms. The van der Waals surface area contributed by atoms with Gasteiger partial charge in [-0.3, -0.25) is 10.1 Å². The molecule has 0 spiro atoms. The van der Waals surface area contributed by atoms with E-state index in [2.05, 4.69) is 33.0 Å². The van der Waals surface area contributed by atoms with Crippen LogP contribution in [-0.4, -0.2) is 11.0 Å². The van der Waals surface area contributed by atoms with Gasteiger partial charge >= 0.3 is 0 Å². The summed E-state index contributed by atoms with van der Waals surface area (Å²) in [5, 5.41) is 14.2. The number of halogens is 1. The highest BCUT2D eigenvalue weighted by Gasteiger charge is 2.39. The molecule has 1 fully saturated rings. The van der Waals surface area contributed by atoms with E-state index in [0.717, 1.165) is 19.3 Å². The third-order valence-corrected chi connectivity index (χ3v) is 4.09. The molecule has 1 saturated carbocycles. The summed E-state index contributed by atoms with van der Waals surface area (Å²) in [6.45, 7) is 8.77. The Labute approximate surface area is 124 Å². The highest BCUT2D eigenvalue weighted by atomic mass is 19.1. The lowest BCUT2D eigenvalue weighted by Crippen LogP contribution is -2.40. The zero-order valence-corrected chi connectivity index (χ0v) is 13.1. The minimum absolute atomic E-state index is 0.0148. The van der Waals surface area contributed by atoms with E-state index in [1.807, 2.05) is 0 Å². The van der Waals surface area contributed by atoms with Gasteiger partial charge in [-0.2, -0.15) is 0 Å². The van der Waals surface area contributed by atoms with E-state index in [4.69, 9.17) is 0 Å². The summed E-state index contributed by atoms with van der Waals surface area (Å²) in [6.07, 6.45) is 2.85. The van der Waals surface area contributed by atoms with E-state index < -0.39 is 10.7 Å². The fraction of sp³-hybridized carbons (Fsp3) is 0.625. The van der Waals surface area contributed by atoms with E-state index in [9.17, 15) is 14.5 Å². The molecule has 0 saturated heterocycles. The van der Waals surface area contributed by atoms with Crippen LogP contribution in [0, 0.1) is 26.8 Å². The highest BCUT2D eigenvalue weighted by molar-refractivity contribution is 5.62. The molecule has 0 atom stereocenters. The van der Waals surface area contributed by atoms with Crippen molar-refractivity contribution in [2.24, 2.45) is 10.8 Å². The maximum Gasteiger partial charge on any atom is 0.295 e. The molecule has 0 unspecified atom stereocenters. The zero-order valence-electron chi connectivity index (χ0n) is 13.1. The quantitative estimate of drug-likeness (QED) is 0.646. The lowest BCUT2D eigenvalue weighted by molar-refractivity contribution is -0.384. The van der Waals surface area contributed by atoms with Crippen molar-refractivity contribution in [2.75, 3.05) is 5.32 Å². The lowest BCUT2D eigenvalue weighted by Gasteiger charge is -2.45. The van der Waals surface area contributed by atoms with Gasteiger partial charge in [0.15, 0.2) is 5.82 Å². The van der Waals surface area contributed by atoms with Crippen molar-refractivity contribution in [2.45, 2.75) is 53.0 Å². The van der Waals surface area contributed by atoms with E-state index in [0.29, 0.717) is 0 Å². The van der Waals surface area contributed by atoms with Crippen molar-refractivity contribution in [3.8, 4) is 0 Å². The van der Waals surface area contributed by atoms with Gasteiger partial charge in [0, 0.05) is 12.1 Å². The molecule has 1 aliphatic rings. The Kier molecular flexibility index (Phi) is 3.95. The number of nitro benzene ring substituents is 1. The van der Waals surface area contributed by atoms with E-state index in [-0.39, 0.29) is 28.2 Å². The van der Waals surface area contributed by atoms with Crippen LogP contribution >= 0.6 is 0 Å². The SMILES string of the molecule is CC1(C)CC(Nc2c(F)cccc2[N+](=O)[O-])CC(C)(C)C1. The Morgan fingerprint density at radius 2 is 1.81 bits per heavy atom. The van der Waals surface area contributed by atoms with E-state index >= 15 is 0 Å². The van der Waals surface area contributed by atoms with Crippen molar-refractivity contribution in [3.63, 3.8) is 0 Å². The predicted octanol–water partition coefficient (Wildman–Crippen LogP) is 4.75. The van der Waals surface area contributed by atoms with Crippen LogP contribution in [0.4, 0.5) is 15.8 Å². The fourth-order valence-electron chi connectivity index (χ4n) is 3.96. The van der Waals surface area contributed by atoms with Crippen LogP contribution in [0.2, 0.25) is 0 Å². The molecule has 0 bridgehead atoms. The van der Waals surface area contributed by atoms with Crippen molar-refractivity contribution < 1.29 is 9.31 Å². The van der Waals surface area contributed by atoms with Crippen molar-refractivity contribution in [1.82, 2.24) is 0 Å². The Hall–Kier alpha value is -1.65. The standard InChI is InChI=1S/C16H23FN2O2/c1-15(2)8-11(9-16(3,4)10-15)18-14-12(17)6-5-7-13(14)19(20)21/h5-7,11,18H,8-10H2,1-4H3. The fourth-order valence-corrected chi connectivity index (χ4v) is 3.96. The second kappa shape index (κ2) is 5.28. The summed E-state index contributed by atoms with van der Waals surface area (Å²) in [6, 6.07) is 4.01. The lowest BCUT2D eigenvalue weighted by atomic mass is 9.63. The molecule has 1 aliphatic carbocycles. The summed E-state index contributed by atoms with van der Waals surface area (Å²) in [5.41, 5.74) is 0.0935. The normalized spacial score (nSPS) is 21.0. The number of rotatable bonds is 3. The molecule has 4 nitrogen and oxygen atoms in total. The topological polar surface area (TPSA) is 55.2 Å². The summed E-state index contributed by atoms with van der Waals surface area (Å²) < 4.78 is 14.0. The first-order valence-corrected chi connectivity index (χ1v) is 7.29. The van der Waals surface area contributed by atoms with Crippen LogP contribution in [0.15, 0.2) is 18.2 Å². The second-order valence-electron chi connectivity index (χ2n) is 7.65. The van der Waals surface area contributed by atoms with Crippen molar-refractivity contribution >= 4 is 11.4 Å². The molecule has 2 rings (SSSR count). The molecule has 0 aromatic heterocycles. The summed E-state index contributed by atoms with van der Waals surface area (Å²) >= 11 is 0. The number of nitro groups is 1. The number of nitrogens with zero attached hydrogens (tertiary/aromatic N) is 1. The maximum atomic E-state index is 14.0. The first kappa shape index (κ1) is 15.7. The minimum atomic E-state index is -0.564. The van der Waals surface area contributed by atoms with Crippen LogP contribution < -0.4 is 5.32 Å². The molecule has 1 N–H and O–H groups in total. The van der Waals surface area contributed by atoms with Crippen molar-refractivity contribution in [3.05, 3.63) is 34.1 Å². The van der Waals surface area contributed by atoms with Crippen LogP contribution in [0.25, 0.3) is 0 Å². The monoisotopic (exact) mass is 294 g/mol. The Balaban J connectivity index is 2.28. The minimum Gasteiger partial charge on any atom is -0.374 e. The average Bonchev–Trinajstić information content (AvgIpc) is 2.27. The van der Waals surface area contributed by atoms with Gasteiger partial charge in [-0.25, -0.2) is 4.39 Å². The molecule has 0 aliphatic heterocycles. The van der Waals surface area contributed by atoms with Crippen LogP contribution in [0.5, 0.6) is 0 Å². The molecule has 116 valence electrons. The van der Waals surface area contributed by atoms with Gasteiger partial charge in [-0.05, 0) is 36.2 Å². The molecule has 0 radical (unpaired) electrons. The predicted molar refractivity (Wildman–Crippen MR) is 81.9 cm³/mol. The van der Waals surface area contributed by atoms with E-state index in [1.54, 1.807) is 0 Å². The third kappa shape index (κ3) is 3.71. The van der Waals surface area contributed by atoms with Gasteiger partial charge in [0.25, 0.3) is 5.69 Å². The van der Waals surface area contributed by atoms with Gasteiger partial charge in [-0.1, -0.05) is 33.8 Å². The van der Waals surface area contributed by atoms with Gasteiger partial charge in [0.1, 0.15) is 5.69 Å². The molecule has 0 amide bonds. The first-order valence-electron chi connectivity index (χ1n) is 7.29. The maximum absolute atomic E-state index is 14.0. The zero-order chi connectivity index (χ0) is 15.8. The Morgan fingerprint density at radius 3 is 2.33 bits per heavy atom. The van der Waals surface area contributed by atoms with Gasteiger partial charge in [0.05, 0.1) is 4.92 Å². The Bertz CT molecular complexity index is 539.